The van der Waals surface area contributed by atoms with Crippen molar-refractivity contribution in [2.75, 3.05) is 19.6 Å². The predicted octanol–water partition coefficient (Wildman–Crippen LogP) is 3.80. The van der Waals surface area contributed by atoms with Crippen molar-refractivity contribution in [2.45, 2.75) is 31.2 Å². The zero-order chi connectivity index (χ0) is 18.5. The molecule has 0 aromatic heterocycles. The first-order valence-corrected chi connectivity index (χ1v) is 9.49. The van der Waals surface area contributed by atoms with Gasteiger partial charge in [-0.3, -0.25) is 4.90 Å². The van der Waals surface area contributed by atoms with Crippen LogP contribution >= 0.6 is 11.6 Å². The van der Waals surface area contributed by atoms with Gasteiger partial charge in [-0.15, -0.1) is 0 Å². The first kappa shape index (κ1) is 19.9. The monoisotopic (exact) mass is 395 g/mol. The summed E-state index contributed by atoms with van der Waals surface area (Å²) >= 11 is 5.95. The van der Waals surface area contributed by atoms with Gasteiger partial charge < -0.3 is 4.18 Å². The summed E-state index contributed by atoms with van der Waals surface area (Å²) in [6.45, 7) is 2.56. The smallest absolute Gasteiger partial charge is 0.376 e. The van der Waals surface area contributed by atoms with Crippen LogP contribution in [0.2, 0.25) is 5.02 Å². The number of likely N-dealkylation sites (tertiary alicyclic amines) is 1. The predicted molar refractivity (Wildman–Crippen MR) is 88.8 cm³/mol. The van der Waals surface area contributed by atoms with Gasteiger partial charge in [0.25, 0.3) is 0 Å². The maximum absolute atomic E-state index is 12.3. The topological polar surface area (TPSA) is 46.6 Å². The van der Waals surface area contributed by atoms with Crippen molar-refractivity contribution < 1.29 is 25.8 Å². The van der Waals surface area contributed by atoms with Gasteiger partial charge in [0.2, 0.25) is 0 Å². The fourth-order valence-electron chi connectivity index (χ4n) is 2.36. The molecule has 1 saturated heterocycles. The van der Waals surface area contributed by atoms with Crippen LogP contribution in [-0.2, 0) is 10.1 Å². The standard InChI is InChI=1S/C16H17ClF3NO3S/c17-15-12-14(24-25(22,23)16(18,19)20)8-7-13(15)6-5-11-21-9-3-1-2-4-10-21/h7-8,12H,1-4,9-11H2. The molecule has 0 bridgehead atoms. The summed E-state index contributed by atoms with van der Waals surface area (Å²) in [7, 11) is -5.72. The third-order valence-corrected chi connectivity index (χ3v) is 4.95. The molecule has 0 N–H and O–H groups in total. The van der Waals surface area contributed by atoms with Crippen LogP contribution in [0.4, 0.5) is 13.2 Å². The highest BCUT2D eigenvalue weighted by Gasteiger charge is 2.48. The van der Waals surface area contributed by atoms with Crippen LogP contribution in [0.5, 0.6) is 5.75 Å². The van der Waals surface area contributed by atoms with E-state index in [0.29, 0.717) is 12.1 Å². The van der Waals surface area contributed by atoms with E-state index in [2.05, 4.69) is 20.9 Å². The van der Waals surface area contributed by atoms with E-state index in [1.807, 2.05) is 0 Å². The van der Waals surface area contributed by atoms with E-state index < -0.39 is 21.4 Å². The molecule has 4 nitrogen and oxygen atoms in total. The van der Waals surface area contributed by atoms with Gasteiger partial charge in [0.1, 0.15) is 5.75 Å². The molecule has 0 spiro atoms. The zero-order valence-electron chi connectivity index (χ0n) is 13.3. The summed E-state index contributed by atoms with van der Waals surface area (Å²) in [4.78, 5) is 2.24. The van der Waals surface area contributed by atoms with Gasteiger partial charge in [-0.2, -0.15) is 21.6 Å². The number of halogens is 4. The summed E-state index contributed by atoms with van der Waals surface area (Å²) in [5.74, 6) is 5.32. The first-order valence-electron chi connectivity index (χ1n) is 7.70. The summed E-state index contributed by atoms with van der Waals surface area (Å²) in [5, 5.41) is 0.0261. The van der Waals surface area contributed by atoms with Crippen LogP contribution < -0.4 is 4.18 Å². The van der Waals surface area contributed by atoms with Gasteiger partial charge in [0.05, 0.1) is 11.6 Å². The van der Waals surface area contributed by atoms with Crippen molar-refractivity contribution in [2.24, 2.45) is 0 Å². The minimum atomic E-state index is -5.72. The van der Waals surface area contributed by atoms with Crippen LogP contribution in [0.15, 0.2) is 18.2 Å². The highest BCUT2D eigenvalue weighted by Crippen LogP contribution is 2.29. The van der Waals surface area contributed by atoms with Crippen LogP contribution in [0.25, 0.3) is 0 Å². The molecule has 1 aliphatic heterocycles. The fourth-order valence-corrected chi connectivity index (χ4v) is 3.03. The van der Waals surface area contributed by atoms with Gasteiger partial charge in [0, 0.05) is 11.6 Å². The molecule has 0 aliphatic carbocycles. The van der Waals surface area contributed by atoms with Crippen LogP contribution in [0.1, 0.15) is 31.2 Å². The normalized spacial score (nSPS) is 16.6. The van der Waals surface area contributed by atoms with E-state index in [-0.39, 0.29) is 5.02 Å². The molecular formula is C16H17ClF3NO3S. The van der Waals surface area contributed by atoms with Gasteiger partial charge in [-0.05, 0) is 38.1 Å². The highest BCUT2D eigenvalue weighted by molar-refractivity contribution is 7.88. The second-order valence-electron chi connectivity index (χ2n) is 5.62. The minimum absolute atomic E-state index is 0.0261. The number of alkyl halides is 3. The Balaban J connectivity index is 2.04. The molecule has 0 radical (unpaired) electrons. The van der Waals surface area contributed by atoms with Gasteiger partial charge in [-0.1, -0.05) is 36.3 Å². The third-order valence-electron chi connectivity index (χ3n) is 3.65. The average molecular weight is 396 g/mol. The molecule has 1 aromatic carbocycles. The zero-order valence-corrected chi connectivity index (χ0v) is 14.8. The van der Waals surface area contributed by atoms with Gasteiger partial charge in [-0.25, -0.2) is 0 Å². The Kier molecular flexibility index (Phi) is 6.60. The summed E-state index contributed by atoms with van der Waals surface area (Å²) in [6, 6.07) is 3.42. The summed E-state index contributed by atoms with van der Waals surface area (Å²) in [5.41, 5.74) is -5.10. The van der Waals surface area contributed by atoms with E-state index in [1.165, 1.54) is 18.9 Å². The van der Waals surface area contributed by atoms with E-state index in [4.69, 9.17) is 11.6 Å². The lowest BCUT2D eigenvalue weighted by atomic mass is 10.2. The van der Waals surface area contributed by atoms with Gasteiger partial charge in [0.15, 0.2) is 0 Å². The molecule has 25 heavy (non-hydrogen) atoms. The highest BCUT2D eigenvalue weighted by atomic mass is 35.5. The quantitative estimate of drug-likeness (QED) is 0.444. The summed E-state index contributed by atoms with van der Waals surface area (Å²) < 4.78 is 62.9. The molecule has 0 atom stereocenters. The number of hydrogen-bond donors (Lipinski definition) is 0. The van der Waals surface area contributed by atoms with E-state index in [1.54, 1.807) is 0 Å². The number of nitrogens with zero attached hydrogens (tertiary/aromatic N) is 1. The molecule has 138 valence electrons. The lowest BCUT2D eigenvalue weighted by Gasteiger charge is -2.15. The Bertz CT molecular complexity index is 761. The van der Waals surface area contributed by atoms with Crippen LogP contribution in [0, 0.1) is 11.8 Å². The molecular weight excluding hydrogens is 379 g/mol. The maximum Gasteiger partial charge on any atom is 0.534 e. The molecule has 0 saturated carbocycles. The lowest BCUT2D eigenvalue weighted by molar-refractivity contribution is -0.0500. The Labute approximate surface area is 150 Å². The van der Waals surface area contributed by atoms with E-state index in [9.17, 15) is 21.6 Å². The number of hydrogen-bond acceptors (Lipinski definition) is 4. The Morgan fingerprint density at radius 1 is 1.16 bits per heavy atom. The van der Waals surface area contributed by atoms with Crippen molar-refractivity contribution in [1.29, 1.82) is 0 Å². The maximum atomic E-state index is 12.3. The van der Waals surface area contributed by atoms with Crippen LogP contribution in [-0.4, -0.2) is 38.5 Å². The summed E-state index contributed by atoms with van der Waals surface area (Å²) in [6.07, 6.45) is 4.72. The molecule has 2 rings (SSSR count). The molecule has 1 aliphatic rings. The fraction of sp³-hybridized carbons (Fsp3) is 0.500. The van der Waals surface area contributed by atoms with Crippen molar-refractivity contribution in [1.82, 2.24) is 4.90 Å². The first-order chi connectivity index (χ1) is 11.7. The van der Waals surface area contributed by atoms with Crippen molar-refractivity contribution in [3.8, 4) is 17.6 Å². The molecule has 9 heteroatoms. The Hall–Kier alpha value is -1.43. The Morgan fingerprint density at radius 2 is 1.80 bits per heavy atom. The Morgan fingerprint density at radius 3 is 2.36 bits per heavy atom. The third kappa shape index (κ3) is 5.80. The molecule has 0 unspecified atom stereocenters. The largest absolute Gasteiger partial charge is 0.534 e. The van der Waals surface area contributed by atoms with E-state index >= 15 is 0 Å². The minimum Gasteiger partial charge on any atom is -0.376 e. The molecule has 1 heterocycles. The molecule has 0 amide bonds. The molecule has 1 fully saturated rings. The van der Waals surface area contributed by atoms with Crippen LogP contribution in [0.3, 0.4) is 0 Å². The van der Waals surface area contributed by atoms with Crippen molar-refractivity contribution >= 4 is 21.7 Å². The number of benzene rings is 1. The van der Waals surface area contributed by atoms with Gasteiger partial charge >= 0.3 is 15.6 Å². The second kappa shape index (κ2) is 8.30. The SMILES string of the molecule is O=S(=O)(Oc1ccc(C#CCN2CCCCCC2)c(Cl)c1)C(F)(F)F. The molecule has 1 aromatic rings. The second-order valence-corrected chi connectivity index (χ2v) is 7.56. The van der Waals surface area contributed by atoms with E-state index in [0.717, 1.165) is 38.1 Å². The van der Waals surface area contributed by atoms with Crippen molar-refractivity contribution in [3.63, 3.8) is 0 Å². The number of rotatable bonds is 3. The van der Waals surface area contributed by atoms with Crippen molar-refractivity contribution in [3.05, 3.63) is 28.8 Å². The average Bonchev–Trinajstić information content (AvgIpc) is 2.77. The lowest BCUT2D eigenvalue weighted by Crippen LogP contribution is -2.28.